The van der Waals surface area contributed by atoms with E-state index in [1.165, 1.54) is 30.6 Å². The lowest BCUT2D eigenvalue weighted by molar-refractivity contribution is 0.0715. The van der Waals surface area contributed by atoms with Crippen LogP contribution < -0.4 is 5.73 Å². The van der Waals surface area contributed by atoms with E-state index in [9.17, 15) is 4.79 Å². The van der Waals surface area contributed by atoms with Gasteiger partial charge in [0, 0.05) is 25.7 Å². The highest BCUT2D eigenvalue weighted by Gasteiger charge is 2.33. The SMILES string of the molecule is CN1C[C@@H]2CCC[C@H]1CN(C(=O)c1cnc(N)s1)C2. The zero-order chi connectivity index (χ0) is 13.4. The van der Waals surface area contributed by atoms with Gasteiger partial charge in [0.2, 0.25) is 0 Å². The van der Waals surface area contributed by atoms with Crippen LogP contribution in [0, 0.1) is 5.92 Å². The Hall–Kier alpha value is -1.14. The van der Waals surface area contributed by atoms with Crippen LogP contribution >= 0.6 is 11.3 Å². The van der Waals surface area contributed by atoms with Crippen molar-refractivity contribution in [3.63, 3.8) is 0 Å². The summed E-state index contributed by atoms with van der Waals surface area (Å²) in [6, 6.07) is 0.502. The molecule has 0 radical (unpaired) electrons. The van der Waals surface area contributed by atoms with Crippen LogP contribution in [-0.2, 0) is 0 Å². The van der Waals surface area contributed by atoms with Crippen molar-refractivity contribution in [2.45, 2.75) is 25.3 Å². The Labute approximate surface area is 117 Å². The predicted octanol–water partition coefficient (Wildman–Crippen LogP) is 1.28. The van der Waals surface area contributed by atoms with Gasteiger partial charge in [-0.3, -0.25) is 4.79 Å². The zero-order valence-corrected chi connectivity index (χ0v) is 12.0. The van der Waals surface area contributed by atoms with E-state index in [1.807, 2.05) is 4.90 Å². The molecule has 1 aromatic rings. The summed E-state index contributed by atoms with van der Waals surface area (Å²) in [6.45, 7) is 2.82. The van der Waals surface area contributed by atoms with Crippen LogP contribution in [0.2, 0.25) is 0 Å². The molecule has 0 aromatic carbocycles. The van der Waals surface area contributed by atoms with E-state index < -0.39 is 0 Å². The van der Waals surface area contributed by atoms with Crippen LogP contribution in [0.25, 0.3) is 0 Å². The average Bonchev–Trinajstić information content (AvgIpc) is 2.62. The molecule has 0 unspecified atom stereocenters. The van der Waals surface area contributed by atoms with Gasteiger partial charge in [-0.1, -0.05) is 17.8 Å². The molecule has 2 bridgehead atoms. The number of fused-ring (bicyclic) bond motifs is 3. The van der Waals surface area contributed by atoms with Gasteiger partial charge in [0.1, 0.15) is 4.88 Å². The van der Waals surface area contributed by atoms with E-state index in [0.717, 1.165) is 19.6 Å². The Morgan fingerprint density at radius 2 is 2.26 bits per heavy atom. The van der Waals surface area contributed by atoms with E-state index in [4.69, 9.17) is 5.73 Å². The molecule has 0 spiro atoms. The molecule has 0 aliphatic carbocycles. The number of likely N-dealkylation sites (N-methyl/N-ethyl adjacent to an activating group) is 1. The third-order valence-corrected chi connectivity index (χ3v) is 5.07. The van der Waals surface area contributed by atoms with Gasteiger partial charge in [-0.15, -0.1) is 0 Å². The zero-order valence-electron chi connectivity index (χ0n) is 11.2. The van der Waals surface area contributed by atoms with Gasteiger partial charge < -0.3 is 15.5 Å². The second-order valence-corrected chi connectivity index (χ2v) is 6.73. The topological polar surface area (TPSA) is 62.5 Å². The first-order valence-electron chi connectivity index (χ1n) is 6.84. The minimum atomic E-state index is 0.0985. The van der Waals surface area contributed by atoms with E-state index in [0.29, 0.717) is 22.0 Å². The van der Waals surface area contributed by atoms with Gasteiger partial charge in [0.15, 0.2) is 5.13 Å². The number of nitrogen functional groups attached to an aromatic ring is 1. The Morgan fingerprint density at radius 1 is 1.42 bits per heavy atom. The molecular weight excluding hydrogens is 260 g/mol. The number of anilines is 1. The molecule has 2 aliphatic rings. The summed E-state index contributed by atoms with van der Waals surface area (Å²) in [5, 5.41) is 0.468. The van der Waals surface area contributed by atoms with Crippen molar-refractivity contribution in [1.29, 1.82) is 0 Å². The van der Waals surface area contributed by atoms with Crippen molar-refractivity contribution in [3.8, 4) is 0 Å². The number of hydrogen-bond donors (Lipinski definition) is 1. The third kappa shape index (κ3) is 2.60. The summed E-state index contributed by atoms with van der Waals surface area (Å²) in [6.07, 6.45) is 5.32. The first-order valence-corrected chi connectivity index (χ1v) is 7.66. The molecule has 2 N–H and O–H groups in total. The maximum atomic E-state index is 12.5. The summed E-state index contributed by atoms with van der Waals surface area (Å²) >= 11 is 1.29. The van der Waals surface area contributed by atoms with Gasteiger partial charge in [0.05, 0.1) is 6.20 Å². The van der Waals surface area contributed by atoms with Crippen LogP contribution in [0.1, 0.15) is 28.9 Å². The van der Waals surface area contributed by atoms with Gasteiger partial charge >= 0.3 is 0 Å². The molecule has 3 rings (SSSR count). The van der Waals surface area contributed by atoms with Crippen molar-refractivity contribution < 1.29 is 4.79 Å². The second-order valence-electron chi connectivity index (χ2n) is 5.66. The highest BCUT2D eigenvalue weighted by atomic mass is 32.1. The van der Waals surface area contributed by atoms with Gasteiger partial charge in [0.25, 0.3) is 5.91 Å². The molecule has 2 fully saturated rings. The van der Waals surface area contributed by atoms with Crippen LogP contribution in [0.5, 0.6) is 0 Å². The first kappa shape index (κ1) is 12.9. The van der Waals surface area contributed by atoms with Gasteiger partial charge in [-0.2, -0.15) is 0 Å². The number of rotatable bonds is 1. The molecule has 2 atom stereocenters. The minimum absolute atomic E-state index is 0.0985. The lowest BCUT2D eigenvalue weighted by Gasteiger charge is -2.29. The number of nitrogens with two attached hydrogens (primary N) is 1. The van der Waals surface area contributed by atoms with Gasteiger partial charge in [-0.05, 0) is 25.8 Å². The quantitative estimate of drug-likeness (QED) is 0.842. The fourth-order valence-electron chi connectivity index (χ4n) is 3.24. The van der Waals surface area contributed by atoms with Crippen molar-refractivity contribution in [2.24, 2.45) is 5.92 Å². The van der Waals surface area contributed by atoms with Crippen molar-refractivity contribution in [1.82, 2.24) is 14.8 Å². The number of nitrogens with zero attached hydrogens (tertiary/aromatic N) is 3. The van der Waals surface area contributed by atoms with Crippen LogP contribution in [-0.4, -0.2) is 53.4 Å². The monoisotopic (exact) mass is 280 g/mol. The first-order chi connectivity index (χ1) is 9.13. The summed E-state index contributed by atoms with van der Waals surface area (Å²) in [7, 11) is 2.18. The maximum Gasteiger partial charge on any atom is 0.265 e. The standard InChI is InChI=1S/C13H20N4OS/c1-16-6-9-3-2-4-10(16)8-17(7-9)12(18)11-5-15-13(14)19-11/h5,9-10H,2-4,6-8H2,1H3,(H2,14,15)/t9-,10-/m0/s1. The molecule has 2 aliphatic heterocycles. The maximum absolute atomic E-state index is 12.5. The van der Waals surface area contributed by atoms with Crippen molar-refractivity contribution in [3.05, 3.63) is 11.1 Å². The largest absolute Gasteiger partial charge is 0.375 e. The van der Waals surface area contributed by atoms with Crippen LogP contribution in [0.4, 0.5) is 5.13 Å². The summed E-state index contributed by atoms with van der Waals surface area (Å²) < 4.78 is 0. The highest BCUT2D eigenvalue weighted by molar-refractivity contribution is 7.17. The molecule has 3 heterocycles. The lowest BCUT2D eigenvalue weighted by atomic mass is 10.00. The molecule has 1 aromatic heterocycles. The lowest BCUT2D eigenvalue weighted by Crippen LogP contribution is -2.41. The molecule has 5 nitrogen and oxygen atoms in total. The van der Waals surface area contributed by atoms with E-state index >= 15 is 0 Å². The second kappa shape index (κ2) is 5.09. The molecule has 1 amide bonds. The minimum Gasteiger partial charge on any atom is -0.375 e. The van der Waals surface area contributed by atoms with Crippen LogP contribution in [0.15, 0.2) is 6.20 Å². The smallest absolute Gasteiger partial charge is 0.265 e. The highest BCUT2D eigenvalue weighted by Crippen LogP contribution is 2.27. The number of aromatic nitrogens is 1. The fourth-order valence-corrected chi connectivity index (χ4v) is 3.89. The summed E-state index contributed by atoms with van der Waals surface area (Å²) in [5.41, 5.74) is 5.62. The Bertz CT molecular complexity index is 475. The summed E-state index contributed by atoms with van der Waals surface area (Å²) in [5.74, 6) is 0.702. The molecule has 6 heteroatoms. The number of likely N-dealkylation sites (tertiary alicyclic amines) is 1. The van der Waals surface area contributed by atoms with E-state index in [-0.39, 0.29) is 5.91 Å². The number of amides is 1. The number of carbonyl (C=O) groups excluding carboxylic acids is 1. The normalized spacial score (nSPS) is 28.2. The molecule has 0 saturated carbocycles. The number of thiazole rings is 1. The molecule has 19 heavy (non-hydrogen) atoms. The molecule has 104 valence electrons. The number of carbonyl (C=O) groups is 1. The van der Waals surface area contributed by atoms with Gasteiger partial charge in [-0.25, -0.2) is 4.98 Å². The Kier molecular flexibility index (Phi) is 3.45. The average molecular weight is 280 g/mol. The van der Waals surface area contributed by atoms with Crippen molar-refractivity contribution >= 4 is 22.4 Å². The predicted molar refractivity (Wildman–Crippen MR) is 76.2 cm³/mol. The summed E-state index contributed by atoms with van der Waals surface area (Å²) in [4.78, 5) is 21.6. The van der Waals surface area contributed by atoms with E-state index in [2.05, 4.69) is 16.9 Å². The fraction of sp³-hybridized carbons (Fsp3) is 0.692. The van der Waals surface area contributed by atoms with Crippen LogP contribution in [0.3, 0.4) is 0 Å². The number of hydrogen-bond acceptors (Lipinski definition) is 5. The van der Waals surface area contributed by atoms with E-state index in [1.54, 1.807) is 6.20 Å². The van der Waals surface area contributed by atoms with Crippen molar-refractivity contribution in [2.75, 3.05) is 32.4 Å². The third-order valence-electron chi connectivity index (χ3n) is 4.25. The molecule has 2 saturated heterocycles. The Balaban J connectivity index is 1.80. The molecular formula is C13H20N4OS. The Morgan fingerprint density at radius 3 is 3.00 bits per heavy atom.